The maximum absolute atomic E-state index is 8.62. The second kappa shape index (κ2) is 14.9. The molecule has 0 amide bonds. The van der Waals surface area contributed by atoms with Crippen molar-refractivity contribution in [2.24, 2.45) is 0 Å². The van der Waals surface area contributed by atoms with Crippen LogP contribution in [0.15, 0.2) is 0 Å². The Morgan fingerprint density at radius 1 is 0.625 bits per heavy atom. The van der Waals surface area contributed by atoms with Crippen molar-refractivity contribution in [1.82, 2.24) is 0 Å². The molecule has 2 nitrogen and oxygen atoms in total. The molecule has 0 fully saturated rings. The van der Waals surface area contributed by atoms with Gasteiger partial charge in [-0.25, -0.2) is 0 Å². The second-order valence-electron chi connectivity index (χ2n) is 4.61. The highest BCUT2D eigenvalue weighted by Gasteiger charge is 1.93. The molecule has 0 aliphatic rings. The molecule has 0 aliphatic heterocycles. The normalized spacial score (nSPS) is 10.9. The lowest BCUT2D eigenvalue weighted by molar-refractivity contribution is 0.192. The number of hydrogen-bond donors (Lipinski definition) is 1. The molecule has 0 aromatic rings. The van der Waals surface area contributed by atoms with Crippen LogP contribution in [0.3, 0.4) is 0 Å². The van der Waals surface area contributed by atoms with Gasteiger partial charge < -0.3 is 9.84 Å². The summed E-state index contributed by atoms with van der Waals surface area (Å²) in [6.45, 7) is 1.28. The van der Waals surface area contributed by atoms with Crippen LogP contribution in [0, 0.1) is 0 Å². The quantitative estimate of drug-likeness (QED) is 0.486. The van der Waals surface area contributed by atoms with Gasteiger partial charge in [0.05, 0.1) is 0 Å². The number of hydrogen-bond acceptors (Lipinski definition) is 2. The Morgan fingerprint density at radius 2 is 1.00 bits per heavy atom. The van der Waals surface area contributed by atoms with Crippen molar-refractivity contribution in [1.29, 1.82) is 0 Å². The van der Waals surface area contributed by atoms with E-state index in [1.165, 1.54) is 64.2 Å². The first kappa shape index (κ1) is 15.9. The second-order valence-corrected chi connectivity index (χ2v) is 4.61. The van der Waals surface area contributed by atoms with E-state index in [-0.39, 0.29) is 0 Å². The first-order valence-corrected chi connectivity index (χ1v) is 7.01. The minimum absolute atomic E-state index is 0.363. The van der Waals surface area contributed by atoms with Gasteiger partial charge in [-0.1, -0.05) is 57.8 Å². The number of ether oxygens (including phenoxy) is 1. The lowest BCUT2D eigenvalue weighted by atomic mass is 10.1. The van der Waals surface area contributed by atoms with E-state index in [2.05, 4.69) is 0 Å². The topological polar surface area (TPSA) is 29.5 Å². The number of aliphatic hydroxyl groups excluding tert-OH is 1. The van der Waals surface area contributed by atoms with Gasteiger partial charge >= 0.3 is 0 Å². The Morgan fingerprint density at radius 3 is 1.38 bits per heavy atom. The van der Waals surface area contributed by atoms with Crippen molar-refractivity contribution in [3.63, 3.8) is 0 Å². The zero-order chi connectivity index (χ0) is 11.9. The Balaban J connectivity index is 2.83. The van der Waals surface area contributed by atoms with Crippen LogP contribution >= 0.6 is 0 Å². The third-order valence-corrected chi connectivity index (χ3v) is 3.01. The summed E-state index contributed by atoms with van der Waals surface area (Å²) < 4.78 is 5.02. The Kier molecular flexibility index (Phi) is 14.8. The molecule has 0 bridgehead atoms. The van der Waals surface area contributed by atoms with Crippen LogP contribution in [0.1, 0.15) is 70.6 Å². The summed E-state index contributed by atoms with van der Waals surface area (Å²) in [5.74, 6) is 0. The molecular formula is C14H30O2. The summed E-state index contributed by atoms with van der Waals surface area (Å²) in [5, 5.41) is 8.62. The van der Waals surface area contributed by atoms with Crippen molar-refractivity contribution in [2.75, 3.05) is 20.3 Å². The third kappa shape index (κ3) is 13.9. The summed E-state index contributed by atoms with van der Waals surface area (Å²) in [5.41, 5.74) is 0. The Hall–Kier alpha value is -0.0800. The molecule has 1 N–H and O–H groups in total. The predicted molar refractivity (Wildman–Crippen MR) is 69.7 cm³/mol. The fraction of sp³-hybridized carbons (Fsp3) is 1.00. The number of aliphatic hydroxyl groups is 1. The fourth-order valence-corrected chi connectivity index (χ4v) is 1.95. The molecule has 98 valence electrons. The maximum Gasteiger partial charge on any atom is 0.0462 e. The summed E-state index contributed by atoms with van der Waals surface area (Å²) in [4.78, 5) is 0. The average molecular weight is 230 g/mol. The molecule has 0 atom stereocenters. The molecule has 0 saturated carbocycles. The van der Waals surface area contributed by atoms with Crippen molar-refractivity contribution < 1.29 is 9.84 Å². The molecule has 2 heteroatoms. The van der Waals surface area contributed by atoms with Crippen LogP contribution in [-0.4, -0.2) is 25.4 Å². The minimum atomic E-state index is 0.363. The van der Waals surface area contributed by atoms with Crippen LogP contribution < -0.4 is 0 Å². The van der Waals surface area contributed by atoms with Crippen LogP contribution in [0.5, 0.6) is 0 Å². The van der Waals surface area contributed by atoms with Gasteiger partial charge in [-0.15, -0.1) is 0 Å². The lowest BCUT2D eigenvalue weighted by Crippen LogP contribution is -1.88. The van der Waals surface area contributed by atoms with Crippen LogP contribution in [-0.2, 0) is 4.74 Å². The Labute approximate surface area is 101 Å². The summed E-state index contributed by atoms with van der Waals surface area (Å²) in [6.07, 6.45) is 14.3. The molecule has 0 rings (SSSR count). The van der Waals surface area contributed by atoms with E-state index >= 15 is 0 Å². The molecule has 0 spiro atoms. The Bertz CT molecular complexity index is 101. The molecule has 0 aromatic carbocycles. The molecular weight excluding hydrogens is 200 g/mol. The predicted octanol–water partition coefficient (Wildman–Crippen LogP) is 3.92. The summed E-state index contributed by atoms with van der Waals surface area (Å²) in [7, 11) is 1.77. The fourth-order valence-electron chi connectivity index (χ4n) is 1.95. The SMILES string of the molecule is COCCCCCCCCCCCCCO. The van der Waals surface area contributed by atoms with Crippen LogP contribution in [0.2, 0.25) is 0 Å². The van der Waals surface area contributed by atoms with Crippen LogP contribution in [0.4, 0.5) is 0 Å². The van der Waals surface area contributed by atoms with Gasteiger partial charge in [0.15, 0.2) is 0 Å². The van der Waals surface area contributed by atoms with Gasteiger partial charge in [-0.3, -0.25) is 0 Å². The van der Waals surface area contributed by atoms with E-state index < -0.39 is 0 Å². The first-order chi connectivity index (χ1) is 7.91. The van der Waals surface area contributed by atoms with Crippen molar-refractivity contribution in [3.8, 4) is 0 Å². The van der Waals surface area contributed by atoms with Gasteiger partial charge in [-0.2, -0.15) is 0 Å². The number of unbranched alkanes of at least 4 members (excludes halogenated alkanes) is 10. The van der Waals surface area contributed by atoms with E-state index in [0.717, 1.165) is 13.0 Å². The molecule has 0 aromatic heterocycles. The molecule has 0 heterocycles. The number of methoxy groups -OCH3 is 1. The molecule has 0 aliphatic carbocycles. The molecule has 16 heavy (non-hydrogen) atoms. The van der Waals surface area contributed by atoms with Gasteiger partial charge in [-0.05, 0) is 12.8 Å². The van der Waals surface area contributed by atoms with E-state index in [1.807, 2.05) is 0 Å². The minimum Gasteiger partial charge on any atom is -0.396 e. The molecule has 0 unspecified atom stereocenters. The zero-order valence-electron chi connectivity index (χ0n) is 11.0. The zero-order valence-corrected chi connectivity index (χ0v) is 11.0. The summed E-state index contributed by atoms with van der Waals surface area (Å²) >= 11 is 0. The molecule has 0 saturated heterocycles. The largest absolute Gasteiger partial charge is 0.396 e. The highest BCUT2D eigenvalue weighted by Crippen LogP contribution is 2.11. The van der Waals surface area contributed by atoms with Gasteiger partial charge in [0.1, 0.15) is 0 Å². The maximum atomic E-state index is 8.62. The highest BCUT2D eigenvalue weighted by molar-refractivity contribution is 4.48. The summed E-state index contributed by atoms with van der Waals surface area (Å²) in [6, 6.07) is 0. The standard InChI is InChI=1S/C14H30O2/c1-16-14-12-10-8-6-4-2-3-5-7-9-11-13-15/h15H,2-14H2,1H3. The first-order valence-electron chi connectivity index (χ1n) is 7.01. The average Bonchev–Trinajstić information content (AvgIpc) is 2.31. The van der Waals surface area contributed by atoms with Gasteiger partial charge in [0.2, 0.25) is 0 Å². The van der Waals surface area contributed by atoms with Crippen molar-refractivity contribution in [3.05, 3.63) is 0 Å². The van der Waals surface area contributed by atoms with Crippen molar-refractivity contribution in [2.45, 2.75) is 70.6 Å². The third-order valence-electron chi connectivity index (χ3n) is 3.01. The van der Waals surface area contributed by atoms with E-state index in [9.17, 15) is 0 Å². The van der Waals surface area contributed by atoms with E-state index in [4.69, 9.17) is 9.84 Å². The lowest BCUT2D eigenvalue weighted by Gasteiger charge is -2.02. The van der Waals surface area contributed by atoms with E-state index in [1.54, 1.807) is 7.11 Å². The van der Waals surface area contributed by atoms with Gasteiger partial charge in [0, 0.05) is 20.3 Å². The molecule has 0 radical (unpaired) electrons. The van der Waals surface area contributed by atoms with E-state index in [0.29, 0.717) is 6.61 Å². The number of rotatable bonds is 13. The smallest absolute Gasteiger partial charge is 0.0462 e. The van der Waals surface area contributed by atoms with Crippen molar-refractivity contribution >= 4 is 0 Å². The highest BCUT2D eigenvalue weighted by atomic mass is 16.5. The van der Waals surface area contributed by atoms with Crippen LogP contribution in [0.25, 0.3) is 0 Å². The van der Waals surface area contributed by atoms with Gasteiger partial charge in [0.25, 0.3) is 0 Å². The monoisotopic (exact) mass is 230 g/mol.